The molecule has 0 spiro atoms. The molecule has 0 bridgehead atoms. The van der Waals surface area contributed by atoms with Crippen LogP contribution in [-0.2, 0) is 25.7 Å². The van der Waals surface area contributed by atoms with Crippen LogP contribution in [0.5, 0.6) is 5.75 Å². The van der Waals surface area contributed by atoms with E-state index >= 15 is 0 Å². The Labute approximate surface area is 183 Å². The van der Waals surface area contributed by atoms with Crippen molar-refractivity contribution in [3.8, 4) is 5.75 Å². The molecule has 0 saturated carbocycles. The van der Waals surface area contributed by atoms with Gasteiger partial charge in [-0.2, -0.15) is 0 Å². The molecule has 4 amide bonds. The summed E-state index contributed by atoms with van der Waals surface area (Å²) in [4.78, 5) is 47.3. The monoisotopic (exact) mass is 446 g/mol. The minimum Gasteiger partial charge on any atom is -0.481 e. The van der Waals surface area contributed by atoms with E-state index in [9.17, 15) is 23.6 Å². The van der Waals surface area contributed by atoms with Crippen LogP contribution < -0.4 is 26.6 Å². The van der Waals surface area contributed by atoms with Crippen LogP contribution in [-0.4, -0.2) is 36.5 Å². The summed E-state index contributed by atoms with van der Waals surface area (Å²) in [5.41, 5.74) is 10.0. The van der Waals surface area contributed by atoms with Crippen LogP contribution in [0.1, 0.15) is 18.4 Å². The van der Waals surface area contributed by atoms with Crippen LogP contribution in [0, 0.1) is 5.82 Å². The van der Waals surface area contributed by atoms with Crippen LogP contribution in [0.2, 0.25) is 0 Å². The Bertz CT molecular complexity index is 941. The van der Waals surface area contributed by atoms with E-state index in [1.54, 1.807) is 24.3 Å². The Balaban J connectivity index is 1.83. The molecule has 0 saturated heterocycles. The Morgan fingerprint density at radius 1 is 0.969 bits per heavy atom. The maximum Gasteiger partial charge on any atom is 0.408 e. The summed E-state index contributed by atoms with van der Waals surface area (Å²) < 4.78 is 23.6. The van der Waals surface area contributed by atoms with E-state index in [1.807, 2.05) is 6.07 Å². The highest BCUT2D eigenvalue weighted by Crippen LogP contribution is 2.14. The first-order valence-corrected chi connectivity index (χ1v) is 9.56. The van der Waals surface area contributed by atoms with Crippen LogP contribution in [0.15, 0.2) is 54.6 Å². The van der Waals surface area contributed by atoms with Gasteiger partial charge in [-0.1, -0.05) is 42.5 Å². The van der Waals surface area contributed by atoms with E-state index in [0.29, 0.717) is 0 Å². The summed E-state index contributed by atoms with van der Waals surface area (Å²) in [5.74, 6) is -3.04. The quantitative estimate of drug-likeness (QED) is 0.399. The molecule has 2 aromatic rings. The van der Waals surface area contributed by atoms with E-state index in [1.165, 1.54) is 24.3 Å². The molecule has 2 rings (SSSR count). The first kappa shape index (κ1) is 24.1. The van der Waals surface area contributed by atoms with E-state index in [4.69, 9.17) is 15.2 Å². The molecule has 0 aromatic heterocycles. The number of hydrazine groups is 1. The number of primary amides is 1. The fraction of sp³-hybridized carbons (Fsp3) is 0.238. The van der Waals surface area contributed by atoms with Crippen molar-refractivity contribution < 1.29 is 33.0 Å². The van der Waals surface area contributed by atoms with Gasteiger partial charge in [-0.25, -0.2) is 9.18 Å². The predicted octanol–water partition coefficient (Wildman–Crippen LogP) is 0.912. The molecule has 0 unspecified atom stereocenters. The van der Waals surface area contributed by atoms with Crippen molar-refractivity contribution in [1.29, 1.82) is 0 Å². The number of hydrogen-bond acceptors (Lipinski definition) is 6. The zero-order valence-electron chi connectivity index (χ0n) is 17.0. The van der Waals surface area contributed by atoms with Gasteiger partial charge >= 0.3 is 6.09 Å². The highest BCUT2D eigenvalue weighted by molar-refractivity contribution is 5.88. The standard InChI is InChI=1S/C21H23FN4O6/c22-15-8-4-5-9-17(15)31-13-19(28)25-26-20(29)16(10-11-18(23)27)24-21(30)32-12-14-6-2-1-3-7-14/h1-9,16H,10-13H2,(H2,23,27)(H,24,30)(H,25,28)(H,26,29)/t16-/m0/s1. The molecule has 5 N–H and O–H groups in total. The second-order valence-corrected chi connectivity index (χ2v) is 6.52. The highest BCUT2D eigenvalue weighted by atomic mass is 19.1. The first-order chi connectivity index (χ1) is 15.3. The number of halogens is 1. The third-order valence-electron chi connectivity index (χ3n) is 4.02. The molecule has 0 aliphatic rings. The van der Waals surface area contributed by atoms with Gasteiger partial charge < -0.3 is 20.5 Å². The van der Waals surface area contributed by atoms with E-state index in [-0.39, 0.29) is 25.2 Å². The molecule has 170 valence electrons. The van der Waals surface area contributed by atoms with Gasteiger partial charge in [-0.05, 0) is 24.1 Å². The minimum absolute atomic E-state index is 0.0268. The smallest absolute Gasteiger partial charge is 0.408 e. The SMILES string of the molecule is NC(=O)CC[C@H](NC(=O)OCc1ccccc1)C(=O)NNC(=O)COc1ccccc1F. The number of nitrogens with one attached hydrogen (secondary N) is 3. The topological polar surface area (TPSA) is 149 Å². The van der Waals surface area contributed by atoms with Crippen LogP contribution in [0.25, 0.3) is 0 Å². The third kappa shape index (κ3) is 8.69. The Hall–Kier alpha value is -4.15. The van der Waals surface area contributed by atoms with Crippen molar-refractivity contribution in [2.24, 2.45) is 5.73 Å². The van der Waals surface area contributed by atoms with Gasteiger partial charge in [0.05, 0.1) is 0 Å². The number of carbonyl (C=O) groups is 4. The average Bonchev–Trinajstić information content (AvgIpc) is 2.78. The number of alkyl carbamates (subject to hydrolysis) is 1. The first-order valence-electron chi connectivity index (χ1n) is 9.56. The molecule has 0 aliphatic carbocycles. The molecule has 10 nitrogen and oxygen atoms in total. The number of nitrogens with two attached hydrogens (primary N) is 1. The summed E-state index contributed by atoms with van der Waals surface area (Å²) in [7, 11) is 0. The van der Waals surface area contributed by atoms with Crippen molar-refractivity contribution in [3.05, 3.63) is 66.0 Å². The van der Waals surface area contributed by atoms with Crippen LogP contribution >= 0.6 is 0 Å². The lowest BCUT2D eigenvalue weighted by atomic mass is 10.1. The summed E-state index contributed by atoms with van der Waals surface area (Å²) in [6, 6.07) is 13.2. The van der Waals surface area contributed by atoms with Gasteiger partial charge in [0.2, 0.25) is 5.91 Å². The van der Waals surface area contributed by atoms with Gasteiger partial charge in [0.1, 0.15) is 12.6 Å². The summed E-state index contributed by atoms with van der Waals surface area (Å²) >= 11 is 0. The largest absolute Gasteiger partial charge is 0.481 e. The second-order valence-electron chi connectivity index (χ2n) is 6.52. The van der Waals surface area contributed by atoms with Gasteiger partial charge in [-0.3, -0.25) is 25.2 Å². The maximum absolute atomic E-state index is 13.5. The van der Waals surface area contributed by atoms with Crippen molar-refractivity contribution in [1.82, 2.24) is 16.2 Å². The van der Waals surface area contributed by atoms with Crippen molar-refractivity contribution in [2.75, 3.05) is 6.61 Å². The lowest BCUT2D eigenvalue weighted by molar-refractivity contribution is -0.131. The van der Waals surface area contributed by atoms with E-state index in [2.05, 4.69) is 16.2 Å². The van der Waals surface area contributed by atoms with Gasteiger partial charge in [0.25, 0.3) is 11.8 Å². The maximum atomic E-state index is 13.5. The zero-order valence-corrected chi connectivity index (χ0v) is 17.0. The minimum atomic E-state index is -1.21. The molecule has 0 radical (unpaired) electrons. The number of rotatable bonds is 10. The molecule has 0 fully saturated rings. The normalized spacial score (nSPS) is 11.0. The van der Waals surface area contributed by atoms with Gasteiger partial charge in [0, 0.05) is 6.42 Å². The number of carbonyl (C=O) groups excluding carboxylic acids is 4. The fourth-order valence-corrected chi connectivity index (χ4v) is 2.42. The highest BCUT2D eigenvalue weighted by Gasteiger charge is 2.23. The molecular formula is C21H23FN4O6. The van der Waals surface area contributed by atoms with Crippen LogP contribution in [0.3, 0.4) is 0 Å². The Kier molecular flexibility index (Phi) is 9.44. The molecule has 0 aliphatic heterocycles. The second kappa shape index (κ2) is 12.5. The Morgan fingerprint density at radius 2 is 1.66 bits per heavy atom. The fourth-order valence-electron chi connectivity index (χ4n) is 2.42. The molecule has 32 heavy (non-hydrogen) atoms. The molecular weight excluding hydrogens is 423 g/mol. The average molecular weight is 446 g/mol. The number of hydrogen-bond donors (Lipinski definition) is 4. The van der Waals surface area contributed by atoms with Crippen molar-refractivity contribution in [3.63, 3.8) is 0 Å². The zero-order chi connectivity index (χ0) is 23.3. The number of amides is 4. The van der Waals surface area contributed by atoms with Gasteiger partial charge in [-0.15, -0.1) is 0 Å². The van der Waals surface area contributed by atoms with Crippen LogP contribution in [0.4, 0.5) is 9.18 Å². The van der Waals surface area contributed by atoms with E-state index < -0.39 is 42.3 Å². The number of para-hydroxylation sites is 1. The predicted molar refractivity (Wildman–Crippen MR) is 110 cm³/mol. The molecule has 0 heterocycles. The number of ether oxygens (including phenoxy) is 2. The van der Waals surface area contributed by atoms with Gasteiger partial charge in [0.15, 0.2) is 18.2 Å². The Morgan fingerprint density at radius 3 is 2.34 bits per heavy atom. The molecule has 11 heteroatoms. The number of benzene rings is 2. The third-order valence-corrected chi connectivity index (χ3v) is 4.02. The van der Waals surface area contributed by atoms with Crippen molar-refractivity contribution >= 4 is 23.8 Å². The van der Waals surface area contributed by atoms with Crippen molar-refractivity contribution in [2.45, 2.75) is 25.5 Å². The lowest BCUT2D eigenvalue weighted by Crippen LogP contribution is -2.53. The molecule has 1 atom stereocenters. The lowest BCUT2D eigenvalue weighted by Gasteiger charge is -2.18. The summed E-state index contributed by atoms with van der Waals surface area (Å²) in [6.07, 6.45) is -1.21. The van der Waals surface area contributed by atoms with E-state index in [0.717, 1.165) is 5.56 Å². The molecule has 2 aromatic carbocycles. The summed E-state index contributed by atoms with van der Waals surface area (Å²) in [6.45, 7) is -0.597. The summed E-state index contributed by atoms with van der Waals surface area (Å²) in [5, 5.41) is 2.32.